The third-order valence-corrected chi connectivity index (χ3v) is 4.61. The van der Waals surface area contributed by atoms with Crippen molar-refractivity contribution in [2.45, 2.75) is 12.5 Å². The second kappa shape index (κ2) is 4.35. The molecule has 0 aromatic heterocycles. The average molecular weight is 401 g/mol. The van der Waals surface area contributed by atoms with Gasteiger partial charge in [0.1, 0.15) is 18.0 Å². The van der Waals surface area contributed by atoms with Gasteiger partial charge in [-0.3, -0.25) is 0 Å². The normalized spacial score (nSPS) is 24.0. The van der Waals surface area contributed by atoms with E-state index in [2.05, 4.69) is 47.8 Å². The lowest BCUT2D eigenvalue weighted by Crippen LogP contribution is -2.17. The van der Waals surface area contributed by atoms with Gasteiger partial charge in [0, 0.05) is 8.95 Å². The summed E-state index contributed by atoms with van der Waals surface area (Å²) in [5, 5.41) is 0. The van der Waals surface area contributed by atoms with Gasteiger partial charge in [-0.05, 0) is 66.8 Å². The van der Waals surface area contributed by atoms with Crippen molar-refractivity contribution >= 4 is 47.8 Å². The molecule has 5 heteroatoms. The van der Waals surface area contributed by atoms with Crippen LogP contribution in [-0.2, 0) is 4.74 Å². The van der Waals surface area contributed by atoms with Crippen LogP contribution in [0.4, 0.5) is 0 Å². The van der Waals surface area contributed by atoms with Crippen molar-refractivity contribution in [3.63, 3.8) is 0 Å². The fourth-order valence-electron chi connectivity index (χ4n) is 1.05. The Morgan fingerprint density at radius 2 is 1.87 bits per heavy atom. The van der Waals surface area contributed by atoms with Crippen LogP contribution in [0.5, 0.6) is 5.75 Å². The molecule has 1 fully saturated rings. The van der Waals surface area contributed by atoms with E-state index in [1.54, 1.807) is 0 Å². The minimum atomic E-state index is -0.0843. The molecule has 1 saturated heterocycles. The van der Waals surface area contributed by atoms with Gasteiger partial charge in [0.15, 0.2) is 0 Å². The molecule has 1 aromatic carbocycles. The third kappa shape index (κ3) is 2.96. The molecule has 15 heavy (non-hydrogen) atoms. The first-order valence-corrected chi connectivity index (χ1v) is 6.79. The van der Waals surface area contributed by atoms with Crippen molar-refractivity contribution in [3.8, 4) is 5.75 Å². The first-order chi connectivity index (χ1) is 7.00. The average Bonchev–Trinajstić information content (AvgIpc) is 2.89. The molecule has 0 radical (unpaired) electrons. The number of hydrogen-bond donors (Lipinski definition) is 0. The van der Waals surface area contributed by atoms with Crippen LogP contribution in [0.25, 0.3) is 0 Å². The van der Waals surface area contributed by atoms with Gasteiger partial charge in [-0.15, -0.1) is 0 Å². The Morgan fingerprint density at radius 3 is 2.47 bits per heavy atom. The van der Waals surface area contributed by atoms with E-state index in [9.17, 15) is 0 Å². The molecule has 0 amide bonds. The van der Waals surface area contributed by atoms with Gasteiger partial charge in [-0.25, -0.2) is 0 Å². The molecule has 2 nitrogen and oxygen atoms in total. The molecule has 0 spiro atoms. The molecule has 0 aliphatic carbocycles. The smallest absolute Gasteiger partial charge is 0.134 e. The molecule has 1 aliphatic heterocycles. The first kappa shape index (κ1) is 11.9. The van der Waals surface area contributed by atoms with E-state index in [0.717, 1.165) is 25.8 Å². The number of benzene rings is 1. The second-order valence-electron chi connectivity index (χ2n) is 3.72. The predicted molar refractivity (Wildman–Crippen MR) is 69.4 cm³/mol. The fourth-order valence-corrected chi connectivity index (χ4v) is 2.48. The fraction of sp³-hybridized carbons (Fsp3) is 0.400. The van der Waals surface area contributed by atoms with E-state index in [1.807, 2.05) is 19.1 Å². The number of epoxide rings is 1. The summed E-state index contributed by atoms with van der Waals surface area (Å²) in [7, 11) is 0. The van der Waals surface area contributed by atoms with Crippen LogP contribution in [0.2, 0.25) is 0 Å². The lowest BCUT2D eigenvalue weighted by molar-refractivity contribution is 0.201. The van der Waals surface area contributed by atoms with Gasteiger partial charge in [0.25, 0.3) is 0 Å². The molecular formula is C10H9Br3O2. The van der Waals surface area contributed by atoms with Crippen LogP contribution in [0.1, 0.15) is 6.92 Å². The van der Waals surface area contributed by atoms with Crippen molar-refractivity contribution in [2.24, 2.45) is 0 Å². The molecule has 1 atom stereocenters. The van der Waals surface area contributed by atoms with E-state index in [-0.39, 0.29) is 5.60 Å². The third-order valence-electron chi connectivity index (χ3n) is 2.14. The van der Waals surface area contributed by atoms with Crippen molar-refractivity contribution in [2.75, 3.05) is 13.2 Å². The number of rotatable bonds is 3. The topological polar surface area (TPSA) is 21.8 Å². The van der Waals surface area contributed by atoms with Crippen LogP contribution < -0.4 is 4.74 Å². The van der Waals surface area contributed by atoms with Gasteiger partial charge in [-0.1, -0.05) is 0 Å². The molecule has 2 rings (SSSR count). The number of ether oxygens (including phenoxy) is 2. The highest BCUT2D eigenvalue weighted by molar-refractivity contribution is 9.13. The minimum absolute atomic E-state index is 0.0843. The largest absolute Gasteiger partial charge is 0.489 e. The molecule has 1 aliphatic rings. The number of halogens is 3. The Labute approximate surface area is 114 Å². The Kier molecular flexibility index (Phi) is 3.45. The van der Waals surface area contributed by atoms with Crippen molar-refractivity contribution < 1.29 is 9.47 Å². The SMILES string of the molecule is CC1(COc2cc(Br)c(Br)cc2Br)CO1. The Hall–Kier alpha value is 0.420. The van der Waals surface area contributed by atoms with Crippen LogP contribution in [0.15, 0.2) is 25.6 Å². The maximum Gasteiger partial charge on any atom is 0.134 e. The predicted octanol–water partition coefficient (Wildman–Crippen LogP) is 4.14. The summed E-state index contributed by atoms with van der Waals surface area (Å²) in [4.78, 5) is 0. The molecular weight excluding hydrogens is 392 g/mol. The molecule has 1 unspecified atom stereocenters. The van der Waals surface area contributed by atoms with Crippen molar-refractivity contribution in [3.05, 3.63) is 25.6 Å². The zero-order valence-corrected chi connectivity index (χ0v) is 12.8. The Morgan fingerprint density at radius 1 is 1.27 bits per heavy atom. The molecule has 82 valence electrons. The van der Waals surface area contributed by atoms with Crippen molar-refractivity contribution in [1.29, 1.82) is 0 Å². The Balaban J connectivity index is 2.10. The summed E-state index contributed by atoms with van der Waals surface area (Å²) in [6, 6.07) is 3.88. The maximum absolute atomic E-state index is 5.68. The summed E-state index contributed by atoms with van der Waals surface area (Å²) >= 11 is 10.3. The van der Waals surface area contributed by atoms with Gasteiger partial charge in [0.2, 0.25) is 0 Å². The molecule has 1 aromatic rings. The molecule has 1 heterocycles. The highest BCUT2D eigenvalue weighted by Gasteiger charge is 2.40. The first-order valence-electron chi connectivity index (χ1n) is 4.41. The standard InChI is InChI=1S/C10H9Br3O2/c1-10(5-15-10)4-14-9-3-7(12)6(11)2-8(9)13/h2-3H,4-5H2,1H3. The van der Waals surface area contributed by atoms with E-state index in [1.165, 1.54) is 0 Å². The van der Waals surface area contributed by atoms with E-state index in [4.69, 9.17) is 9.47 Å². The van der Waals surface area contributed by atoms with Crippen LogP contribution in [0.3, 0.4) is 0 Å². The van der Waals surface area contributed by atoms with E-state index < -0.39 is 0 Å². The van der Waals surface area contributed by atoms with Crippen LogP contribution >= 0.6 is 47.8 Å². The van der Waals surface area contributed by atoms with Gasteiger partial charge < -0.3 is 9.47 Å². The minimum Gasteiger partial charge on any atom is -0.489 e. The summed E-state index contributed by atoms with van der Waals surface area (Å²) < 4.78 is 13.8. The monoisotopic (exact) mass is 398 g/mol. The molecule has 0 N–H and O–H groups in total. The summed E-state index contributed by atoms with van der Waals surface area (Å²) in [5.74, 6) is 0.821. The Bertz CT molecular complexity index is 388. The summed E-state index contributed by atoms with van der Waals surface area (Å²) in [6.45, 7) is 3.40. The van der Waals surface area contributed by atoms with Crippen LogP contribution in [0, 0.1) is 0 Å². The maximum atomic E-state index is 5.68. The van der Waals surface area contributed by atoms with Crippen molar-refractivity contribution in [1.82, 2.24) is 0 Å². The summed E-state index contributed by atoms with van der Waals surface area (Å²) in [5.41, 5.74) is -0.0843. The van der Waals surface area contributed by atoms with E-state index >= 15 is 0 Å². The van der Waals surface area contributed by atoms with E-state index in [0.29, 0.717) is 6.61 Å². The molecule has 0 saturated carbocycles. The summed E-state index contributed by atoms with van der Waals surface area (Å²) in [6.07, 6.45) is 0. The lowest BCUT2D eigenvalue weighted by atomic mass is 10.2. The quantitative estimate of drug-likeness (QED) is 0.562. The second-order valence-corrected chi connectivity index (χ2v) is 6.29. The lowest BCUT2D eigenvalue weighted by Gasteiger charge is -2.11. The van der Waals surface area contributed by atoms with Crippen LogP contribution in [-0.4, -0.2) is 18.8 Å². The van der Waals surface area contributed by atoms with Gasteiger partial charge in [0.05, 0.1) is 11.1 Å². The number of hydrogen-bond acceptors (Lipinski definition) is 2. The highest BCUT2D eigenvalue weighted by atomic mass is 79.9. The highest BCUT2D eigenvalue weighted by Crippen LogP contribution is 2.36. The van der Waals surface area contributed by atoms with Gasteiger partial charge in [-0.2, -0.15) is 0 Å². The van der Waals surface area contributed by atoms with Gasteiger partial charge >= 0.3 is 0 Å². The molecule has 0 bridgehead atoms. The zero-order chi connectivity index (χ0) is 11.1. The zero-order valence-electron chi connectivity index (χ0n) is 8.02.